The number of hydrogen-bond acceptors (Lipinski definition) is 3. The SMILES string of the molecule is Cc1c(C(=O)O)ccc(N=C(N)N)c1-c1ccc2c(c1)CCNC2=O.Cl. The summed E-state index contributed by atoms with van der Waals surface area (Å²) in [6.45, 7) is 2.29. The highest BCUT2D eigenvalue weighted by Crippen LogP contribution is 2.36. The molecule has 2 aromatic rings. The van der Waals surface area contributed by atoms with E-state index in [0.29, 0.717) is 35.3 Å². The molecule has 6 N–H and O–H groups in total. The number of halogens is 1. The monoisotopic (exact) mass is 374 g/mol. The molecule has 0 unspecified atom stereocenters. The molecule has 26 heavy (non-hydrogen) atoms. The van der Waals surface area contributed by atoms with Crippen LogP contribution in [0.25, 0.3) is 11.1 Å². The molecule has 8 heteroatoms. The number of fused-ring (bicyclic) bond motifs is 1. The first-order chi connectivity index (χ1) is 11.9. The maximum Gasteiger partial charge on any atom is 0.335 e. The molecule has 1 aliphatic rings. The molecular weight excluding hydrogens is 356 g/mol. The van der Waals surface area contributed by atoms with E-state index in [2.05, 4.69) is 10.3 Å². The number of carbonyl (C=O) groups is 2. The Kier molecular flexibility index (Phi) is 5.52. The van der Waals surface area contributed by atoms with Gasteiger partial charge in [0, 0.05) is 17.7 Å². The lowest BCUT2D eigenvalue weighted by Crippen LogP contribution is -2.31. The lowest BCUT2D eigenvalue weighted by atomic mass is 9.90. The van der Waals surface area contributed by atoms with E-state index >= 15 is 0 Å². The summed E-state index contributed by atoms with van der Waals surface area (Å²) in [6.07, 6.45) is 0.713. The largest absolute Gasteiger partial charge is 0.478 e. The van der Waals surface area contributed by atoms with E-state index in [0.717, 1.165) is 11.1 Å². The Balaban J connectivity index is 0.00000243. The van der Waals surface area contributed by atoms with Crippen LogP contribution >= 0.6 is 12.4 Å². The Labute approximate surface area is 156 Å². The van der Waals surface area contributed by atoms with Crippen molar-refractivity contribution in [2.24, 2.45) is 16.5 Å². The van der Waals surface area contributed by atoms with Gasteiger partial charge in [-0.15, -0.1) is 12.4 Å². The van der Waals surface area contributed by atoms with Gasteiger partial charge in [0.2, 0.25) is 0 Å². The van der Waals surface area contributed by atoms with Gasteiger partial charge in [-0.05, 0) is 48.2 Å². The van der Waals surface area contributed by atoms with Crippen LogP contribution < -0.4 is 16.8 Å². The quantitative estimate of drug-likeness (QED) is 0.482. The molecule has 0 saturated carbocycles. The molecule has 0 aromatic heterocycles. The van der Waals surface area contributed by atoms with E-state index in [-0.39, 0.29) is 29.8 Å². The smallest absolute Gasteiger partial charge is 0.335 e. The van der Waals surface area contributed by atoms with Crippen molar-refractivity contribution in [2.45, 2.75) is 13.3 Å². The molecule has 1 heterocycles. The second-order valence-corrected chi connectivity index (χ2v) is 5.85. The van der Waals surface area contributed by atoms with Gasteiger partial charge in [-0.2, -0.15) is 0 Å². The third kappa shape index (κ3) is 3.48. The van der Waals surface area contributed by atoms with Crippen molar-refractivity contribution >= 4 is 35.9 Å². The Morgan fingerprint density at radius 1 is 1.23 bits per heavy atom. The van der Waals surface area contributed by atoms with Crippen LogP contribution in [0.15, 0.2) is 35.3 Å². The number of rotatable bonds is 3. The summed E-state index contributed by atoms with van der Waals surface area (Å²) in [6, 6.07) is 8.48. The van der Waals surface area contributed by atoms with Gasteiger partial charge < -0.3 is 21.9 Å². The first-order valence-electron chi connectivity index (χ1n) is 7.76. The van der Waals surface area contributed by atoms with Crippen molar-refractivity contribution in [3.63, 3.8) is 0 Å². The normalized spacial score (nSPS) is 12.4. The topological polar surface area (TPSA) is 131 Å². The number of hydrogen-bond donors (Lipinski definition) is 4. The Bertz CT molecular complexity index is 921. The van der Waals surface area contributed by atoms with Crippen molar-refractivity contribution in [1.82, 2.24) is 5.32 Å². The fraction of sp³-hybridized carbons (Fsp3) is 0.167. The maximum absolute atomic E-state index is 11.9. The summed E-state index contributed by atoms with van der Waals surface area (Å²) in [7, 11) is 0. The highest BCUT2D eigenvalue weighted by atomic mass is 35.5. The van der Waals surface area contributed by atoms with Gasteiger partial charge >= 0.3 is 5.97 Å². The summed E-state index contributed by atoms with van der Waals surface area (Å²) < 4.78 is 0. The molecule has 0 spiro atoms. The minimum atomic E-state index is -1.02. The lowest BCUT2D eigenvalue weighted by molar-refractivity contribution is 0.0696. The number of amides is 1. The predicted molar refractivity (Wildman–Crippen MR) is 102 cm³/mol. The van der Waals surface area contributed by atoms with Crippen molar-refractivity contribution in [3.05, 3.63) is 52.6 Å². The molecule has 0 radical (unpaired) electrons. The van der Waals surface area contributed by atoms with Crippen LogP contribution in [0, 0.1) is 6.92 Å². The second kappa shape index (κ2) is 7.45. The molecule has 0 atom stereocenters. The number of nitrogens with two attached hydrogens (primary N) is 2. The molecule has 136 valence electrons. The standard InChI is InChI=1S/C18H18N4O3.ClH/c1-9-12(17(24)25)4-5-14(22-18(19)20)15(9)11-2-3-13-10(8-11)6-7-21-16(13)23;/h2-5,8H,6-7H2,1H3,(H,21,23)(H,24,25)(H4,19,20,22);1H. The van der Waals surface area contributed by atoms with Crippen molar-refractivity contribution in [1.29, 1.82) is 0 Å². The average molecular weight is 375 g/mol. The number of aliphatic imine (C=N–C) groups is 1. The number of aromatic carboxylic acids is 1. The zero-order valence-corrected chi connectivity index (χ0v) is 14.9. The highest BCUT2D eigenvalue weighted by Gasteiger charge is 2.20. The van der Waals surface area contributed by atoms with Crippen molar-refractivity contribution in [2.75, 3.05) is 6.54 Å². The molecular formula is C18H19ClN4O3. The Morgan fingerprint density at radius 3 is 2.62 bits per heavy atom. The Hall–Kier alpha value is -3.06. The van der Waals surface area contributed by atoms with Gasteiger partial charge in [-0.1, -0.05) is 12.1 Å². The number of carbonyl (C=O) groups excluding carboxylic acids is 1. The number of nitrogens with zero attached hydrogens (tertiary/aromatic N) is 1. The third-order valence-corrected chi connectivity index (χ3v) is 4.24. The van der Waals surface area contributed by atoms with Crippen LogP contribution in [0.5, 0.6) is 0 Å². The first-order valence-corrected chi connectivity index (χ1v) is 7.76. The zero-order valence-electron chi connectivity index (χ0n) is 14.1. The van der Waals surface area contributed by atoms with E-state index in [4.69, 9.17) is 11.5 Å². The number of carboxylic acids is 1. The van der Waals surface area contributed by atoms with Gasteiger partial charge in [-0.3, -0.25) is 4.79 Å². The second-order valence-electron chi connectivity index (χ2n) is 5.85. The average Bonchev–Trinajstić information content (AvgIpc) is 2.54. The van der Waals surface area contributed by atoms with Crippen molar-refractivity contribution < 1.29 is 14.7 Å². The molecule has 0 fully saturated rings. The number of benzene rings is 2. The third-order valence-electron chi connectivity index (χ3n) is 4.24. The summed E-state index contributed by atoms with van der Waals surface area (Å²) >= 11 is 0. The van der Waals surface area contributed by atoms with E-state index in [1.54, 1.807) is 25.1 Å². The molecule has 0 saturated heterocycles. The van der Waals surface area contributed by atoms with Crippen LogP contribution in [0.3, 0.4) is 0 Å². The summed E-state index contributed by atoms with van der Waals surface area (Å²) in [5.41, 5.74) is 15.2. The molecule has 3 rings (SSSR count). The van der Waals surface area contributed by atoms with E-state index < -0.39 is 5.97 Å². The summed E-state index contributed by atoms with van der Waals surface area (Å²) in [4.78, 5) is 27.5. The molecule has 1 aliphatic heterocycles. The minimum absolute atomic E-state index is 0. The highest BCUT2D eigenvalue weighted by molar-refractivity contribution is 5.99. The molecule has 2 aromatic carbocycles. The summed E-state index contributed by atoms with van der Waals surface area (Å²) in [5, 5.41) is 12.2. The zero-order chi connectivity index (χ0) is 18.1. The summed E-state index contributed by atoms with van der Waals surface area (Å²) in [5.74, 6) is -1.23. The van der Waals surface area contributed by atoms with Crippen LogP contribution in [0.4, 0.5) is 5.69 Å². The van der Waals surface area contributed by atoms with Crippen LogP contribution in [-0.4, -0.2) is 29.5 Å². The Morgan fingerprint density at radius 2 is 1.96 bits per heavy atom. The molecule has 1 amide bonds. The number of guanidine groups is 1. The fourth-order valence-corrected chi connectivity index (χ4v) is 3.11. The fourth-order valence-electron chi connectivity index (χ4n) is 3.11. The van der Waals surface area contributed by atoms with Gasteiger partial charge in [-0.25, -0.2) is 9.79 Å². The van der Waals surface area contributed by atoms with Gasteiger partial charge in [0.15, 0.2) is 5.96 Å². The van der Waals surface area contributed by atoms with Crippen LogP contribution in [-0.2, 0) is 6.42 Å². The van der Waals surface area contributed by atoms with Crippen LogP contribution in [0.1, 0.15) is 31.8 Å². The number of carboxylic acid groups (broad SMARTS) is 1. The maximum atomic E-state index is 11.9. The van der Waals surface area contributed by atoms with E-state index in [1.807, 2.05) is 6.07 Å². The molecule has 0 aliphatic carbocycles. The van der Waals surface area contributed by atoms with E-state index in [9.17, 15) is 14.7 Å². The van der Waals surface area contributed by atoms with Gasteiger partial charge in [0.25, 0.3) is 5.91 Å². The van der Waals surface area contributed by atoms with Crippen molar-refractivity contribution in [3.8, 4) is 11.1 Å². The molecule has 7 nitrogen and oxygen atoms in total. The van der Waals surface area contributed by atoms with E-state index in [1.165, 1.54) is 6.07 Å². The molecule has 0 bridgehead atoms. The lowest BCUT2D eigenvalue weighted by Gasteiger charge is -2.19. The minimum Gasteiger partial charge on any atom is -0.478 e. The van der Waals surface area contributed by atoms with Crippen LogP contribution in [0.2, 0.25) is 0 Å². The predicted octanol–water partition coefficient (Wildman–Crippen LogP) is 1.97. The first kappa shape index (κ1) is 19.3. The van der Waals surface area contributed by atoms with Gasteiger partial charge in [0.1, 0.15) is 0 Å². The van der Waals surface area contributed by atoms with Gasteiger partial charge in [0.05, 0.1) is 11.3 Å². The number of nitrogens with one attached hydrogen (secondary N) is 1.